The smallest absolute Gasteiger partial charge is 0.264 e. The number of sulfonamides is 1. The van der Waals surface area contributed by atoms with Crippen LogP contribution in [0.5, 0.6) is 0 Å². The summed E-state index contributed by atoms with van der Waals surface area (Å²) in [5.74, 6) is -0.563. The molecule has 0 bridgehead atoms. The first-order valence-corrected chi connectivity index (χ1v) is 12.3. The maximum Gasteiger partial charge on any atom is 0.264 e. The van der Waals surface area contributed by atoms with E-state index < -0.39 is 22.5 Å². The van der Waals surface area contributed by atoms with E-state index in [2.05, 4.69) is 26.5 Å². The van der Waals surface area contributed by atoms with Gasteiger partial charge in [0, 0.05) is 24.3 Å². The standard InChI is InChI=1S/C24H25BrN4O3S/c1-18-7-13-23(14-8-18)33(31,32)29(22-6-4-5-20(25)15-22)17-24(30)27-26-16-19-9-11-21(12-10-19)28(2)3/h4-16H,17H2,1-3H3,(H,27,30)/b26-16-. The lowest BCUT2D eigenvalue weighted by Gasteiger charge is -2.24. The molecule has 7 nitrogen and oxygen atoms in total. The van der Waals surface area contributed by atoms with Gasteiger partial charge in [0.1, 0.15) is 6.54 Å². The molecule has 1 amide bonds. The van der Waals surface area contributed by atoms with Gasteiger partial charge in [-0.15, -0.1) is 0 Å². The quantitative estimate of drug-likeness (QED) is 0.351. The summed E-state index contributed by atoms with van der Waals surface area (Å²) in [7, 11) is -0.0789. The van der Waals surface area contributed by atoms with Crippen molar-refractivity contribution < 1.29 is 13.2 Å². The van der Waals surface area contributed by atoms with E-state index in [1.807, 2.05) is 50.2 Å². The number of hydrogen-bond donors (Lipinski definition) is 1. The normalized spacial score (nSPS) is 11.4. The van der Waals surface area contributed by atoms with Gasteiger partial charge in [0.05, 0.1) is 16.8 Å². The second-order valence-electron chi connectivity index (χ2n) is 7.58. The molecule has 0 aliphatic carbocycles. The first kappa shape index (κ1) is 24.5. The van der Waals surface area contributed by atoms with Gasteiger partial charge < -0.3 is 4.90 Å². The molecule has 0 aliphatic heterocycles. The summed E-state index contributed by atoms with van der Waals surface area (Å²) in [4.78, 5) is 14.7. The van der Waals surface area contributed by atoms with Crippen molar-refractivity contribution in [3.05, 3.63) is 88.4 Å². The van der Waals surface area contributed by atoms with Crippen LogP contribution in [0.15, 0.2) is 87.3 Å². The Morgan fingerprint density at radius 3 is 2.27 bits per heavy atom. The monoisotopic (exact) mass is 528 g/mol. The number of aryl methyl sites for hydroxylation is 1. The highest BCUT2D eigenvalue weighted by molar-refractivity contribution is 9.10. The Bertz CT molecular complexity index is 1240. The molecular formula is C24H25BrN4O3S. The zero-order valence-corrected chi connectivity index (χ0v) is 21.0. The Morgan fingerprint density at radius 2 is 1.67 bits per heavy atom. The Labute approximate surface area is 202 Å². The maximum atomic E-state index is 13.4. The number of nitrogens with one attached hydrogen (secondary N) is 1. The molecule has 0 aromatic heterocycles. The Kier molecular flexibility index (Phi) is 7.88. The molecule has 0 fully saturated rings. The average Bonchev–Trinajstić information content (AvgIpc) is 2.78. The highest BCUT2D eigenvalue weighted by Crippen LogP contribution is 2.26. The molecule has 0 heterocycles. The average molecular weight is 529 g/mol. The zero-order valence-electron chi connectivity index (χ0n) is 18.6. The van der Waals surface area contributed by atoms with Gasteiger partial charge in [0.2, 0.25) is 0 Å². The van der Waals surface area contributed by atoms with Gasteiger partial charge in [-0.25, -0.2) is 13.8 Å². The summed E-state index contributed by atoms with van der Waals surface area (Å²) in [5.41, 5.74) is 5.57. The molecule has 0 radical (unpaired) electrons. The van der Waals surface area contributed by atoms with Gasteiger partial charge in [-0.1, -0.05) is 51.8 Å². The number of nitrogens with zero attached hydrogens (tertiary/aromatic N) is 3. The van der Waals surface area contributed by atoms with Crippen molar-refractivity contribution in [1.82, 2.24) is 5.43 Å². The number of carbonyl (C=O) groups excluding carboxylic acids is 1. The molecule has 33 heavy (non-hydrogen) atoms. The number of benzene rings is 3. The first-order chi connectivity index (χ1) is 15.7. The number of hydrogen-bond acceptors (Lipinski definition) is 5. The number of carbonyl (C=O) groups is 1. The van der Waals surface area contributed by atoms with E-state index in [0.717, 1.165) is 21.1 Å². The van der Waals surface area contributed by atoms with E-state index in [-0.39, 0.29) is 4.90 Å². The molecule has 0 unspecified atom stereocenters. The molecule has 3 aromatic carbocycles. The number of rotatable bonds is 8. The third-order valence-corrected chi connectivity index (χ3v) is 7.09. The summed E-state index contributed by atoms with van der Waals surface area (Å²) < 4.78 is 28.5. The third kappa shape index (κ3) is 6.43. The van der Waals surface area contributed by atoms with Gasteiger partial charge >= 0.3 is 0 Å². The molecular weight excluding hydrogens is 504 g/mol. The largest absolute Gasteiger partial charge is 0.378 e. The number of amides is 1. The van der Waals surface area contributed by atoms with Crippen molar-refractivity contribution in [1.29, 1.82) is 0 Å². The fourth-order valence-corrected chi connectivity index (χ4v) is 4.79. The van der Waals surface area contributed by atoms with Crippen molar-refractivity contribution in [2.45, 2.75) is 11.8 Å². The van der Waals surface area contributed by atoms with Crippen molar-refractivity contribution in [3.63, 3.8) is 0 Å². The topological polar surface area (TPSA) is 82.1 Å². The molecule has 3 rings (SSSR count). The molecule has 9 heteroatoms. The van der Waals surface area contributed by atoms with E-state index in [9.17, 15) is 13.2 Å². The Morgan fingerprint density at radius 1 is 1.00 bits per heavy atom. The minimum Gasteiger partial charge on any atom is -0.378 e. The van der Waals surface area contributed by atoms with Crippen LogP contribution in [0.1, 0.15) is 11.1 Å². The van der Waals surface area contributed by atoms with Gasteiger partial charge in [-0.2, -0.15) is 5.10 Å². The van der Waals surface area contributed by atoms with Crippen LogP contribution in [0.4, 0.5) is 11.4 Å². The van der Waals surface area contributed by atoms with Crippen LogP contribution in [0.3, 0.4) is 0 Å². The van der Waals surface area contributed by atoms with E-state index in [1.165, 1.54) is 18.3 Å². The highest BCUT2D eigenvalue weighted by atomic mass is 79.9. The van der Waals surface area contributed by atoms with Crippen LogP contribution in [-0.4, -0.2) is 41.2 Å². The van der Waals surface area contributed by atoms with E-state index in [1.54, 1.807) is 36.4 Å². The number of hydrazone groups is 1. The second kappa shape index (κ2) is 10.6. The fourth-order valence-electron chi connectivity index (χ4n) is 2.99. The van der Waals surface area contributed by atoms with E-state index in [0.29, 0.717) is 10.2 Å². The Balaban J connectivity index is 1.80. The SMILES string of the molecule is Cc1ccc(S(=O)(=O)N(CC(=O)N/N=C\c2ccc(N(C)C)cc2)c2cccc(Br)c2)cc1. The van der Waals surface area contributed by atoms with Crippen molar-refractivity contribution in [3.8, 4) is 0 Å². The molecule has 0 spiro atoms. The summed E-state index contributed by atoms with van der Waals surface area (Å²) in [6, 6.07) is 20.9. The van der Waals surface area contributed by atoms with Crippen molar-refractivity contribution in [2.75, 3.05) is 29.8 Å². The second-order valence-corrected chi connectivity index (χ2v) is 10.4. The minimum absolute atomic E-state index is 0.102. The lowest BCUT2D eigenvalue weighted by atomic mass is 10.2. The molecule has 0 saturated heterocycles. The maximum absolute atomic E-state index is 13.4. The van der Waals surface area contributed by atoms with Gasteiger partial charge in [0.15, 0.2) is 0 Å². The Hall–Kier alpha value is -3.17. The van der Waals surface area contributed by atoms with Gasteiger partial charge in [0.25, 0.3) is 15.9 Å². The van der Waals surface area contributed by atoms with Crippen LogP contribution in [-0.2, 0) is 14.8 Å². The van der Waals surface area contributed by atoms with Crippen molar-refractivity contribution in [2.24, 2.45) is 5.10 Å². The van der Waals surface area contributed by atoms with Crippen molar-refractivity contribution >= 4 is 49.4 Å². The van der Waals surface area contributed by atoms with E-state index in [4.69, 9.17) is 0 Å². The summed E-state index contributed by atoms with van der Waals surface area (Å²) >= 11 is 3.36. The molecule has 0 atom stereocenters. The van der Waals surface area contributed by atoms with Crippen LogP contribution in [0, 0.1) is 6.92 Å². The molecule has 0 aliphatic rings. The lowest BCUT2D eigenvalue weighted by Crippen LogP contribution is -2.39. The van der Waals surface area contributed by atoms with Gasteiger partial charge in [-0.3, -0.25) is 9.10 Å². The molecule has 3 aromatic rings. The predicted molar refractivity (Wildman–Crippen MR) is 136 cm³/mol. The summed E-state index contributed by atoms with van der Waals surface area (Å²) in [5, 5.41) is 3.98. The van der Waals surface area contributed by atoms with Crippen LogP contribution in [0.2, 0.25) is 0 Å². The fraction of sp³-hybridized carbons (Fsp3) is 0.167. The molecule has 0 saturated carbocycles. The molecule has 1 N–H and O–H groups in total. The number of anilines is 2. The highest BCUT2D eigenvalue weighted by Gasteiger charge is 2.27. The zero-order chi connectivity index (χ0) is 24.0. The summed E-state index contributed by atoms with van der Waals surface area (Å²) in [6.07, 6.45) is 1.51. The van der Waals surface area contributed by atoms with Crippen LogP contribution in [0.25, 0.3) is 0 Å². The molecule has 172 valence electrons. The first-order valence-electron chi connectivity index (χ1n) is 10.1. The lowest BCUT2D eigenvalue weighted by molar-refractivity contribution is -0.119. The third-order valence-electron chi connectivity index (χ3n) is 4.80. The van der Waals surface area contributed by atoms with Crippen LogP contribution >= 0.6 is 15.9 Å². The summed E-state index contributed by atoms with van der Waals surface area (Å²) in [6.45, 7) is 1.45. The predicted octanol–water partition coefficient (Wildman–Crippen LogP) is 4.17. The van der Waals surface area contributed by atoms with Crippen LogP contribution < -0.4 is 14.6 Å². The van der Waals surface area contributed by atoms with Gasteiger partial charge in [-0.05, 0) is 55.0 Å². The van der Waals surface area contributed by atoms with E-state index >= 15 is 0 Å². The number of halogens is 1. The minimum atomic E-state index is -3.98.